The molecule has 2 bridgehead atoms. The predicted molar refractivity (Wildman–Crippen MR) is 57.2 cm³/mol. The zero-order chi connectivity index (χ0) is 11.5. The van der Waals surface area contributed by atoms with Gasteiger partial charge in [0.1, 0.15) is 5.78 Å². The van der Waals surface area contributed by atoms with Gasteiger partial charge in [-0.15, -0.1) is 0 Å². The van der Waals surface area contributed by atoms with Gasteiger partial charge in [0.2, 0.25) is 5.91 Å². The van der Waals surface area contributed by atoms with E-state index in [0.717, 1.165) is 12.8 Å². The Labute approximate surface area is 90.6 Å². The average molecular weight is 209 g/mol. The molecule has 0 aromatic rings. The van der Waals surface area contributed by atoms with Crippen molar-refractivity contribution in [3.8, 4) is 0 Å². The Bertz CT molecular complexity index is 348. The second-order valence-electron chi connectivity index (χ2n) is 5.72. The summed E-state index contributed by atoms with van der Waals surface area (Å²) in [5.74, 6) is 0.310. The Balaban J connectivity index is 2.54. The molecule has 3 nitrogen and oxygen atoms in total. The Morgan fingerprint density at radius 3 is 2.20 bits per heavy atom. The van der Waals surface area contributed by atoms with E-state index in [2.05, 4.69) is 19.2 Å². The summed E-state index contributed by atoms with van der Waals surface area (Å²) in [4.78, 5) is 24.1. The molecule has 0 aliphatic heterocycles. The normalized spacial score (nSPS) is 42.0. The van der Waals surface area contributed by atoms with Crippen LogP contribution in [-0.2, 0) is 9.59 Å². The molecule has 0 spiro atoms. The van der Waals surface area contributed by atoms with Crippen LogP contribution in [0.15, 0.2) is 0 Å². The number of rotatable bonds is 1. The van der Waals surface area contributed by atoms with Crippen molar-refractivity contribution in [1.29, 1.82) is 0 Å². The van der Waals surface area contributed by atoms with Crippen molar-refractivity contribution in [2.75, 3.05) is 7.05 Å². The van der Waals surface area contributed by atoms with E-state index in [1.807, 2.05) is 6.92 Å². The van der Waals surface area contributed by atoms with Crippen LogP contribution in [0.2, 0.25) is 0 Å². The van der Waals surface area contributed by atoms with E-state index in [4.69, 9.17) is 0 Å². The zero-order valence-corrected chi connectivity index (χ0v) is 9.94. The van der Waals surface area contributed by atoms with Crippen molar-refractivity contribution in [2.45, 2.75) is 40.0 Å². The molecule has 0 aromatic carbocycles. The van der Waals surface area contributed by atoms with E-state index in [9.17, 15) is 9.59 Å². The van der Waals surface area contributed by atoms with Gasteiger partial charge < -0.3 is 5.32 Å². The van der Waals surface area contributed by atoms with Gasteiger partial charge in [-0.1, -0.05) is 20.8 Å². The van der Waals surface area contributed by atoms with Crippen LogP contribution in [0.4, 0.5) is 0 Å². The highest BCUT2D eigenvalue weighted by Gasteiger charge is 2.72. The van der Waals surface area contributed by atoms with Gasteiger partial charge in [-0.05, 0) is 18.3 Å². The molecule has 2 aliphatic rings. The van der Waals surface area contributed by atoms with Gasteiger partial charge in [0, 0.05) is 18.9 Å². The molecule has 1 N–H and O–H groups in total. The van der Waals surface area contributed by atoms with Crippen LogP contribution in [0.5, 0.6) is 0 Å². The minimum Gasteiger partial charge on any atom is -0.359 e. The minimum absolute atomic E-state index is 0.0436. The number of hydrogen-bond donors (Lipinski definition) is 1. The van der Waals surface area contributed by atoms with Gasteiger partial charge >= 0.3 is 0 Å². The van der Waals surface area contributed by atoms with E-state index in [1.165, 1.54) is 0 Å². The van der Waals surface area contributed by atoms with Crippen LogP contribution < -0.4 is 5.32 Å². The topological polar surface area (TPSA) is 46.2 Å². The number of nitrogens with one attached hydrogen (secondary N) is 1. The van der Waals surface area contributed by atoms with Gasteiger partial charge in [0.15, 0.2) is 0 Å². The molecule has 3 heteroatoms. The molecule has 0 aromatic heterocycles. The average Bonchev–Trinajstić information content (AvgIpc) is 2.47. The summed E-state index contributed by atoms with van der Waals surface area (Å²) in [5.41, 5.74) is -0.954. The molecule has 1 amide bonds. The monoisotopic (exact) mass is 209 g/mol. The summed E-state index contributed by atoms with van der Waals surface area (Å²) in [6.45, 7) is 6.16. The van der Waals surface area contributed by atoms with Crippen LogP contribution >= 0.6 is 0 Å². The second kappa shape index (κ2) is 2.63. The third-order valence-corrected chi connectivity index (χ3v) is 5.37. The summed E-state index contributed by atoms with van der Waals surface area (Å²) in [6, 6.07) is 0. The Morgan fingerprint density at radius 2 is 1.87 bits per heavy atom. The molecule has 2 aliphatic carbocycles. The lowest BCUT2D eigenvalue weighted by atomic mass is 9.64. The standard InChI is InChI=1S/C12H19NO2/c1-10(2)11(3)5-6-12(10,7-8(11)14)9(15)13-4/h5-7H2,1-4H3,(H,13,15)/t11-,12+/m1/s1. The van der Waals surface area contributed by atoms with Crippen molar-refractivity contribution in [1.82, 2.24) is 5.32 Å². The van der Waals surface area contributed by atoms with Crippen LogP contribution in [0.3, 0.4) is 0 Å². The highest BCUT2D eigenvalue weighted by molar-refractivity contribution is 5.99. The summed E-state index contributed by atoms with van der Waals surface area (Å²) in [6.07, 6.45) is 2.13. The third kappa shape index (κ3) is 0.876. The number of Topliss-reactive ketones (excluding diaryl/α,β-unsaturated/α-hetero) is 1. The van der Waals surface area contributed by atoms with E-state index >= 15 is 0 Å². The van der Waals surface area contributed by atoms with E-state index in [-0.39, 0.29) is 22.5 Å². The van der Waals surface area contributed by atoms with E-state index < -0.39 is 5.41 Å². The predicted octanol–water partition coefficient (Wildman–Crippen LogP) is 1.52. The molecule has 2 saturated carbocycles. The fourth-order valence-electron chi connectivity index (χ4n) is 3.60. The summed E-state index contributed by atoms with van der Waals surface area (Å²) in [7, 11) is 1.66. The number of hydrogen-bond acceptors (Lipinski definition) is 2. The van der Waals surface area contributed by atoms with Gasteiger partial charge in [-0.3, -0.25) is 9.59 Å². The lowest BCUT2D eigenvalue weighted by Gasteiger charge is -2.38. The van der Waals surface area contributed by atoms with Gasteiger partial charge in [0.25, 0.3) is 0 Å². The second-order valence-corrected chi connectivity index (χ2v) is 5.72. The molecule has 2 fully saturated rings. The smallest absolute Gasteiger partial charge is 0.226 e. The minimum atomic E-state index is -0.451. The van der Waals surface area contributed by atoms with Crippen LogP contribution in [0.1, 0.15) is 40.0 Å². The molecule has 2 rings (SSSR count). The molecule has 0 radical (unpaired) electrons. The van der Waals surface area contributed by atoms with Crippen molar-refractivity contribution < 1.29 is 9.59 Å². The van der Waals surface area contributed by atoms with Crippen LogP contribution in [0.25, 0.3) is 0 Å². The van der Waals surface area contributed by atoms with E-state index in [1.54, 1.807) is 7.05 Å². The molecule has 2 atom stereocenters. The van der Waals surface area contributed by atoms with Gasteiger partial charge in [-0.25, -0.2) is 0 Å². The first-order chi connectivity index (χ1) is 6.82. The molecular formula is C12H19NO2. The number of carbonyl (C=O) groups is 2. The molecule has 84 valence electrons. The highest BCUT2D eigenvalue weighted by Crippen LogP contribution is 2.70. The molecule has 15 heavy (non-hydrogen) atoms. The van der Waals surface area contributed by atoms with Crippen LogP contribution in [-0.4, -0.2) is 18.7 Å². The van der Waals surface area contributed by atoms with Gasteiger partial charge in [-0.2, -0.15) is 0 Å². The van der Waals surface area contributed by atoms with Crippen molar-refractivity contribution >= 4 is 11.7 Å². The quantitative estimate of drug-likeness (QED) is 0.711. The lowest BCUT2D eigenvalue weighted by molar-refractivity contribution is -0.136. The first kappa shape index (κ1) is 10.7. The third-order valence-electron chi connectivity index (χ3n) is 5.37. The molecule has 0 heterocycles. The maximum absolute atomic E-state index is 12.0. The number of carbonyl (C=O) groups excluding carboxylic acids is 2. The SMILES string of the molecule is CNC(=O)[C@]12CC[C@](C)(C(=O)C1)C2(C)C. The maximum Gasteiger partial charge on any atom is 0.226 e. The van der Waals surface area contributed by atoms with Crippen LogP contribution in [0, 0.1) is 16.2 Å². The first-order valence-corrected chi connectivity index (χ1v) is 5.57. The summed E-state index contributed by atoms with van der Waals surface area (Å²) in [5, 5.41) is 2.73. The Hall–Kier alpha value is -0.860. The lowest BCUT2D eigenvalue weighted by Crippen LogP contribution is -2.45. The fourth-order valence-corrected chi connectivity index (χ4v) is 3.60. The largest absolute Gasteiger partial charge is 0.359 e. The van der Waals surface area contributed by atoms with Crippen molar-refractivity contribution in [3.05, 3.63) is 0 Å². The highest BCUT2D eigenvalue weighted by atomic mass is 16.2. The maximum atomic E-state index is 12.0. The van der Waals surface area contributed by atoms with Crippen molar-refractivity contribution in [2.24, 2.45) is 16.2 Å². The van der Waals surface area contributed by atoms with E-state index in [0.29, 0.717) is 6.42 Å². The molecule has 0 saturated heterocycles. The van der Waals surface area contributed by atoms with Crippen molar-refractivity contribution in [3.63, 3.8) is 0 Å². The Morgan fingerprint density at radius 1 is 1.27 bits per heavy atom. The first-order valence-electron chi connectivity index (χ1n) is 5.57. The summed E-state index contributed by atoms with van der Waals surface area (Å²) < 4.78 is 0. The summed E-state index contributed by atoms with van der Waals surface area (Å²) >= 11 is 0. The molecule has 0 unspecified atom stereocenters. The molecular weight excluding hydrogens is 190 g/mol. The zero-order valence-electron chi connectivity index (χ0n) is 9.94. The fraction of sp³-hybridized carbons (Fsp3) is 0.833. The van der Waals surface area contributed by atoms with Gasteiger partial charge in [0.05, 0.1) is 5.41 Å². The number of fused-ring (bicyclic) bond motifs is 2. The number of amides is 1. The Kier molecular flexibility index (Phi) is 1.87. The number of ketones is 1.